The van der Waals surface area contributed by atoms with E-state index in [4.69, 9.17) is 0 Å². The molecule has 0 amide bonds. The molecule has 4 nitrogen and oxygen atoms in total. The highest BCUT2D eigenvalue weighted by Gasteiger charge is 2.17. The molecule has 0 aliphatic carbocycles. The van der Waals surface area contributed by atoms with Crippen molar-refractivity contribution in [2.75, 3.05) is 0 Å². The Morgan fingerprint density at radius 2 is 1.85 bits per heavy atom. The van der Waals surface area contributed by atoms with Crippen molar-refractivity contribution in [1.82, 2.24) is 14.8 Å². The van der Waals surface area contributed by atoms with Crippen LogP contribution in [0.1, 0.15) is 29.8 Å². The van der Waals surface area contributed by atoms with Gasteiger partial charge in [0.05, 0.1) is 24.2 Å². The van der Waals surface area contributed by atoms with E-state index in [2.05, 4.69) is 10.1 Å². The van der Waals surface area contributed by atoms with Crippen LogP contribution in [0.3, 0.4) is 0 Å². The molecule has 0 aliphatic rings. The van der Waals surface area contributed by atoms with Gasteiger partial charge in [0.2, 0.25) is 0 Å². The molecule has 2 aromatic heterocycles. The summed E-state index contributed by atoms with van der Waals surface area (Å²) in [5.74, 6) is -1.10. The second kappa shape index (κ2) is 7.87. The summed E-state index contributed by atoms with van der Waals surface area (Å²) in [6, 6.07) is 5.12. The molecule has 3 rings (SSSR count). The van der Waals surface area contributed by atoms with Gasteiger partial charge >= 0.3 is 0 Å². The number of aliphatic hydroxyl groups excluding tert-OH is 1. The summed E-state index contributed by atoms with van der Waals surface area (Å²) in [7, 11) is 0. The average molecular weight is 379 g/mol. The predicted octanol–water partition coefficient (Wildman–Crippen LogP) is 4.13. The molecule has 142 valence electrons. The number of hydrogen-bond donors (Lipinski definition) is 1. The first-order chi connectivity index (χ1) is 12.8. The van der Waals surface area contributed by atoms with E-state index in [1.807, 2.05) is 0 Å². The van der Waals surface area contributed by atoms with E-state index in [0.29, 0.717) is 27.9 Å². The first-order valence-electron chi connectivity index (χ1n) is 8.25. The van der Waals surface area contributed by atoms with Crippen LogP contribution in [-0.4, -0.2) is 26.3 Å². The molecule has 0 bridgehead atoms. The largest absolute Gasteiger partial charge is 0.389 e. The molecular weight excluding hydrogens is 362 g/mol. The summed E-state index contributed by atoms with van der Waals surface area (Å²) >= 11 is 0. The van der Waals surface area contributed by atoms with Crippen LogP contribution in [0.5, 0.6) is 0 Å². The van der Waals surface area contributed by atoms with Gasteiger partial charge in [0, 0.05) is 18.2 Å². The quantitative estimate of drug-likeness (QED) is 0.655. The van der Waals surface area contributed by atoms with Gasteiger partial charge < -0.3 is 5.11 Å². The summed E-state index contributed by atoms with van der Waals surface area (Å²) in [5, 5.41) is 13.8. The topological polar surface area (TPSA) is 50.9 Å². The highest BCUT2D eigenvalue weighted by atomic mass is 19.3. The fourth-order valence-corrected chi connectivity index (χ4v) is 2.90. The smallest absolute Gasteiger partial charge is 0.257 e. The first-order valence-corrected chi connectivity index (χ1v) is 8.25. The number of alkyl halides is 2. The lowest BCUT2D eigenvalue weighted by molar-refractivity contribution is 0.122. The van der Waals surface area contributed by atoms with Crippen LogP contribution in [0.2, 0.25) is 0 Å². The van der Waals surface area contributed by atoms with Crippen molar-refractivity contribution < 1.29 is 22.7 Å². The van der Waals surface area contributed by atoms with Crippen molar-refractivity contribution in [3.05, 3.63) is 71.3 Å². The fraction of sp³-hybridized carbons (Fsp3) is 0.263. The highest BCUT2D eigenvalue weighted by Crippen LogP contribution is 2.32. The van der Waals surface area contributed by atoms with Crippen molar-refractivity contribution >= 4 is 0 Å². The van der Waals surface area contributed by atoms with Gasteiger partial charge in [-0.15, -0.1) is 0 Å². The van der Waals surface area contributed by atoms with Crippen molar-refractivity contribution in [2.45, 2.75) is 32.4 Å². The third-order valence-electron chi connectivity index (χ3n) is 4.07. The van der Waals surface area contributed by atoms with Crippen LogP contribution in [0.4, 0.5) is 17.6 Å². The van der Waals surface area contributed by atoms with E-state index < -0.39 is 30.7 Å². The van der Waals surface area contributed by atoms with E-state index in [0.717, 1.165) is 10.9 Å². The highest BCUT2D eigenvalue weighted by molar-refractivity contribution is 5.70. The van der Waals surface area contributed by atoms with Crippen molar-refractivity contribution in [3.8, 4) is 11.1 Å². The van der Waals surface area contributed by atoms with E-state index in [9.17, 15) is 22.7 Å². The van der Waals surface area contributed by atoms with Gasteiger partial charge in [-0.25, -0.2) is 17.6 Å². The SMILES string of the molecule is C[C@@H](O)c1cc(F)ccc1-c1cc(F)cnc1Cc1cnn(CC(F)F)c1. The maximum atomic E-state index is 13.8. The molecule has 0 radical (unpaired) electrons. The molecule has 2 heterocycles. The van der Waals surface area contributed by atoms with Gasteiger partial charge in [-0.1, -0.05) is 6.07 Å². The van der Waals surface area contributed by atoms with Crippen LogP contribution in [-0.2, 0) is 13.0 Å². The predicted molar refractivity (Wildman–Crippen MR) is 91.3 cm³/mol. The summed E-state index contributed by atoms with van der Waals surface area (Å²) < 4.78 is 53.5. The van der Waals surface area contributed by atoms with Crippen molar-refractivity contribution in [1.29, 1.82) is 0 Å². The molecule has 3 aromatic rings. The van der Waals surface area contributed by atoms with Crippen molar-refractivity contribution in [2.24, 2.45) is 0 Å². The third kappa shape index (κ3) is 4.51. The zero-order chi connectivity index (χ0) is 19.6. The van der Waals surface area contributed by atoms with Crippen LogP contribution in [0.25, 0.3) is 11.1 Å². The molecule has 1 atom stereocenters. The Morgan fingerprint density at radius 1 is 1.07 bits per heavy atom. The van der Waals surface area contributed by atoms with Crippen molar-refractivity contribution in [3.63, 3.8) is 0 Å². The molecule has 0 saturated heterocycles. The Hall–Kier alpha value is -2.74. The first kappa shape index (κ1) is 19.0. The lowest BCUT2D eigenvalue weighted by Gasteiger charge is -2.15. The zero-order valence-corrected chi connectivity index (χ0v) is 14.4. The van der Waals surface area contributed by atoms with Crippen LogP contribution < -0.4 is 0 Å². The van der Waals surface area contributed by atoms with Gasteiger partial charge in [0.1, 0.15) is 18.2 Å². The number of hydrogen-bond acceptors (Lipinski definition) is 3. The molecule has 8 heteroatoms. The summed E-state index contributed by atoms with van der Waals surface area (Å²) in [6.07, 6.45) is 0.688. The molecule has 0 saturated carbocycles. The van der Waals surface area contributed by atoms with E-state index in [-0.39, 0.29) is 6.42 Å². The molecular formula is C19H17F4N3O. The van der Waals surface area contributed by atoms with E-state index in [1.165, 1.54) is 43.6 Å². The molecule has 0 aliphatic heterocycles. The monoisotopic (exact) mass is 379 g/mol. The standard InChI is InChI=1S/C19H17F4N3O/c1-11(27)16-5-13(20)2-3-15(16)17-6-14(21)8-24-18(17)4-12-7-25-26(9-12)10-19(22)23/h2-3,5-9,11,19,27H,4,10H2,1H3/t11-/m1/s1. The summed E-state index contributed by atoms with van der Waals surface area (Å²) in [6.45, 7) is 0.965. The van der Waals surface area contributed by atoms with Gasteiger partial charge in [-0.3, -0.25) is 9.67 Å². The Labute approximate surface area is 153 Å². The fourth-order valence-electron chi connectivity index (χ4n) is 2.90. The van der Waals surface area contributed by atoms with Crippen LogP contribution in [0.15, 0.2) is 42.9 Å². The Bertz CT molecular complexity index is 940. The molecule has 1 N–H and O–H groups in total. The molecule has 0 unspecified atom stereocenters. The Morgan fingerprint density at radius 3 is 2.56 bits per heavy atom. The molecule has 27 heavy (non-hydrogen) atoms. The number of benzene rings is 1. The second-order valence-electron chi connectivity index (χ2n) is 6.19. The number of aliphatic hydroxyl groups is 1. The maximum Gasteiger partial charge on any atom is 0.257 e. The Balaban J connectivity index is 2.01. The maximum absolute atomic E-state index is 13.8. The van der Waals surface area contributed by atoms with Gasteiger partial charge in [-0.05, 0) is 41.8 Å². The van der Waals surface area contributed by atoms with Gasteiger partial charge in [-0.2, -0.15) is 5.10 Å². The van der Waals surface area contributed by atoms with Gasteiger partial charge in [0.25, 0.3) is 6.43 Å². The van der Waals surface area contributed by atoms with E-state index in [1.54, 1.807) is 0 Å². The minimum absolute atomic E-state index is 0.218. The molecule has 0 spiro atoms. The summed E-state index contributed by atoms with van der Waals surface area (Å²) in [4.78, 5) is 4.11. The zero-order valence-electron chi connectivity index (χ0n) is 14.4. The lowest BCUT2D eigenvalue weighted by atomic mass is 9.94. The van der Waals surface area contributed by atoms with Crippen LogP contribution >= 0.6 is 0 Å². The molecule has 0 fully saturated rings. The Kier molecular flexibility index (Phi) is 5.55. The third-order valence-corrected chi connectivity index (χ3v) is 4.07. The number of halogens is 4. The van der Waals surface area contributed by atoms with E-state index >= 15 is 0 Å². The number of nitrogens with zero attached hydrogens (tertiary/aromatic N) is 3. The number of aromatic nitrogens is 3. The second-order valence-corrected chi connectivity index (χ2v) is 6.19. The number of rotatable bonds is 6. The number of pyridine rings is 1. The summed E-state index contributed by atoms with van der Waals surface area (Å²) in [5.41, 5.74) is 2.23. The average Bonchev–Trinajstić information content (AvgIpc) is 3.02. The minimum atomic E-state index is -2.52. The minimum Gasteiger partial charge on any atom is -0.389 e. The molecule has 1 aromatic carbocycles. The lowest BCUT2D eigenvalue weighted by Crippen LogP contribution is -2.06. The van der Waals surface area contributed by atoms with Gasteiger partial charge in [0.15, 0.2) is 0 Å². The normalized spacial score (nSPS) is 12.6. The van der Waals surface area contributed by atoms with Crippen LogP contribution in [0, 0.1) is 11.6 Å².